The largest absolute Gasteiger partial charge is 0.296 e. The summed E-state index contributed by atoms with van der Waals surface area (Å²) in [6.45, 7) is 2.17. The Bertz CT molecular complexity index is 3600. The molecule has 0 aliphatic carbocycles. The number of benzene rings is 9. The fourth-order valence-corrected chi connectivity index (χ4v) is 9.15. The summed E-state index contributed by atoms with van der Waals surface area (Å²) in [6.07, 6.45) is 0.809. The first-order valence-corrected chi connectivity index (χ1v) is 21.5. The Morgan fingerprint density at radius 3 is 1.65 bits per heavy atom. The molecule has 296 valence electrons. The number of rotatable bonds is 7. The molecule has 0 aliphatic rings. The molecule has 0 atom stereocenters. The van der Waals surface area contributed by atoms with Crippen LogP contribution in [0.1, 0.15) is 12.7 Å². The first-order chi connectivity index (χ1) is 31.1. The van der Waals surface area contributed by atoms with Crippen molar-refractivity contribution >= 4 is 54.3 Å². The maximum atomic E-state index is 5.34. The van der Waals surface area contributed by atoms with E-state index in [2.05, 4.69) is 218 Å². The quantitative estimate of drug-likeness (QED) is 0.151. The van der Waals surface area contributed by atoms with Crippen molar-refractivity contribution in [2.45, 2.75) is 13.3 Å². The van der Waals surface area contributed by atoms with Crippen molar-refractivity contribution in [3.63, 3.8) is 0 Å². The van der Waals surface area contributed by atoms with Gasteiger partial charge in [0.25, 0.3) is 0 Å². The molecule has 0 saturated heterocycles. The van der Waals surface area contributed by atoms with E-state index in [4.69, 9.17) is 19.9 Å². The highest BCUT2D eigenvalue weighted by atomic mass is 15.1. The van der Waals surface area contributed by atoms with Gasteiger partial charge in [0.15, 0.2) is 5.82 Å². The highest BCUT2D eigenvalue weighted by Crippen LogP contribution is 2.39. The molecule has 9 aromatic carbocycles. The van der Waals surface area contributed by atoms with Crippen LogP contribution in [-0.4, -0.2) is 24.5 Å². The molecule has 12 rings (SSSR count). The van der Waals surface area contributed by atoms with Crippen LogP contribution in [0.25, 0.3) is 116 Å². The predicted molar refractivity (Wildman–Crippen MR) is 261 cm³/mol. The third-order valence-electron chi connectivity index (χ3n) is 12.3. The number of hydrogen-bond donors (Lipinski definition) is 0. The molecule has 0 unspecified atom stereocenters. The summed E-state index contributed by atoms with van der Waals surface area (Å²) in [5, 5.41) is 8.09. The van der Waals surface area contributed by atoms with E-state index in [0.717, 1.165) is 106 Å². The summed E-state index contributed by atoms with van der Waals surface area (Å²) >= 11 is 0. The Hall–Kier alpha value is -8.28. The van der Waals surface area contributed by atoms with Gasteiger partial charge < -0.3 is 0 Å². The molecule has 3 heterocycles. The molecule has 63 heavy (non-hydrogen) atoms. The predicted octanol–water partition coefficient (Wildman–Crippen LogP) is 14.7. The van der Waals surface area contributed by atoms with Gasteiger partial charge >= 0.3 is 0 Å². The van der Waals surface area contributed by atoms with Crippen LogP contribution in [0, 0.1) is 0 Å². The van der Waals surface area contributed by atoms with Crippen LogP contribution < -0.4 is 0 Å². The summed E-state index contributed by atoms with van der Waals surface area (Å²) in [6, 6.07) is 72.9. The number of aromatic nitrogens is 5. The molecule has 3 aromatic heterocycles. The van der Waals surface area contributed by atoms with Gasteiger partial charge in [-0.25, -0.2) is 19.9 Å². The molecular formula is C58H39N5. The fourth-order valence-electron chi connectivity index (χ4n) is 9.15. The highest BCUT2D eigenvalue weighted by molar-refractivity contribution is 6.20. The van der Waals surface area contributed by atoms with Gasteiger partial charge in [0.2, 0.25) is 0 Å². The standard InChI is InChI=1S/C58H39N5/c1-2-54-62-57-53(63(54)47-16-4-3-5-17-47)33-32-49-48-18-10-11-19-50(48)59-56(55(49)57)42-28-22-40(23-29-42)39-20-26-41(27-21-39)51-36-52(45-30-24-37-12-6-8-14-43(37)34-45)61-58(60-51)46-31-25-38-13-7-9-15-44(38)35-46/h3-36H,2H2,1H3. The molecule has 0 saturated carbocycles. The van der Waals surface area contributed by atoms with Crippen LogP contribution >= 0.6 is 0 Å². The number of aryl methyl sites for hydroxylation is 1. The number of fused-ring (bicyclic) bond motifs is 7. The third kappa shape index (κ3) is 6.41. The van der Waals surface area contributed by atoms with Crippen molar-refractivity contribution in [2.24, 2.45) is 0 Å². The van der Waals surface area contributed by atoms with Crippen molar-refractivity contribution < 1.29 is 0 Å². The van der Waals surface area contributed by atoms with Crippen LogP contribution in [0.15, 0.2) is 206 Å². The van der Waals surface area contributed by atoms with Crippen molar-refractivity contribution in [1.82, 2.24) is 24.5 Å². The first kappa shape index (κ1) is 36.6. The third-order valence-corrected chi connectivity index (χ3v) is 12.3. The van der Waals surface area contributed by atoms with Gasteiger partial charge in [-0.05, 0) is 80.5 Å². The SMILES string of the molecule is CCc1nc2c3c(-c4ccc(-c5ccc(-c6cc(-c7ccc8ccccc8c7)nc(-c7ccc8ccccc8c7)n6)cc5)cc4)nc4ccccc4c3ccc2n1-c1ccccc1. The van der Waals surface area contributed by atoms with Crippen molar-refractivity contribution in [3.8, 4) is 62.0 Å². The molecule has 0 bridgehead atoms. The topological polar surface area (TPSA) is 56.5 Å². The number of imidazole rings is 1. The molecule has 12 aromatic rings. The Kier molecular flexibility index (Phi) is 8.71. The second kappa shape index (κ2) is 15.0. The van der Waals surface area contributed by atoms with E-state index in [-0.39, 0.29) is 0 Å². The second-order valence-electron chi connectivity index (χ2n) is 16.1. The van der Waals surface area contributed by atoms with Gasteiger partial charge in [-0.1, -0.05) is 171 Å². The summed E-state index contributed by atoms with van der Waals surface area (Å²) in [5.74, 6) is 1.73. The molecule has 5 nitrogen and oxygen atoms in total. The Labute approximate surface area is 364 Å². The average Bonchev–Trinajstić information content (AvgIpc) is 3.75. The monoisotopic (exact) mass is 805 g/mol. The second-order valence-corrected chi connectivity index (χ2v) is 16.1. The van der Waals surface area contributed by atoms with E-state index in [9.17, 15) is 0 Å². The van der Waals surface area contributed by atoms with Crippen LogP contribution in [0.4, 0.5) is 0 Å². The summed E-state index contributed by atoms with van der Waals surface area (Å²) in [4.78, 5) is 21.0. The molecule has 0 fully saturated rings. The maximum Gasteiger partial charge on any atom is 0.160 e. The lowest BCUT2D eigenvalue weighted by atomic mass is 9.96. The Morgan fingerprint density at radius 1 is 0.397 bits per heavy atom. The summed E-state index contributed by atoms with van der Waals surface area (Å²) in [5.41, 5.74) is 13.2. The first-order valence-electron chi connectivity index (χ1n) is 21.5. The number of para-hydroxylation sites is 2. The minimum atomic E-state index is 0.700. The number of pyridine rings is 1. The minimum absolute atomic E-state index is 0.700. The zero-order valence-corrected chi connectivity index (χ0v) is 34.6. The fraction of sp³-hybridized carbons (Fsp3) is 0.0345. The van der Waals surface area contributed by atoms with Gasteiger partial charge in [0, 0.05) is 45.1 Å². The summed E-state index contributed by atoms with van der Waals surface area (Å²) < 4.78 is 2.29. The molecule has 0 aliphatic heterocycles. The molecular weight excluding hydrogens is 767 g/mol. The lowest BCUT2D eigenvalue weighted by Gasteiger charge is -2.13. The van der Waals surface area contributed by atoms with E-state index in [0.29, 0.717) is 5.82 Å². The molecule has 0 spiro atoms. The van der Waals surface area contributed by atoms with E-state index in [1.807, 2.05) is 0 Å². The molecule has 0 N–H and O–H groups in total. The Balaban J connectivity index is 0.933. The van der Waals surface area contributed by atoms with E-state index >= 15 is 0 Å². The summed E-state index contributed by atoms with van der Waals surface area (Å²) in [7, 11) is 0. The van der Waals surface area contributed by atoms with Gasteiger partial charge in [0.1, 0.15) is 5.82 Å². The lowest BCUT2D eigenvalue weighted by Crippen LogP contribution is -1.99. The normalized spacial score (nSPS) is 11.6. The number of hydrogen-bond acceptors (Lipinski definition) is 4. The zero-order chi connectivity index (χ0) is 41.9. The maximum absolute atomic E-state index is 5.34. The van der Waals surface area contributed by atoms with Gasteiger partial charge in [0.05, 0.1) is 33.6 Å². The lowest BCUT2D eigenvalue weighted by molar-refractivity contribution is 0.908. The zero-order valence-electron chi connectivity index (χ0n) is 34.6. The number of nitrogens with zero attached hydrogens (tertiary/aromatic N) is 5. The minimum Gasteiger partial charge on any atom is -0.296 e. The molecule has 0 amide bonds. The highest BCUT2D eigenvalue weighted by Gasteiger charge is 2.20. The average molecular weight is 806 g/mol. The van der Waals surface area contributed by atoms with Crippen molar-refractivity contribution in [2.75, 3.05) is 0 Å². The van der Waals surface area contributed by atoms with Gasteiger partial charge in [-0.15, -0.1) is 0 Å². The van der Waals surface area contributed by atoms with Crippen LogP contribution in [0.2, 0.25) is 0 Å². The van der Waals surface area contributed by atoms with Crippen LogP contribution in [-0.2, 0) is 6.42 Å². The molecule has 5 heteroatoms. The van der Waals surface area contributed by atoms with Crippen molar-refractivity contribution in [3.05, 3.63) is 212 Å². The van der Waals surface area contributed by atoms with Crippen LogP contribution in [0.5, 0.6) is 0 Å². The van der Waals surface area contributed by atoms with Gasteiger partial charge in [-0.2, -0.15) is 0 Å². The Morgan fingerprint density at radius 2 is 0.952 bits per heavy atom. The van der Waals surface area contributed by atoms with E-state index < -0.39 is 0 Å². The van der Waals surface area contributed by atoms with Gasteiger partial charge in [-0.3, -0.25) is 4.57 Å². The molecule has 0 radical (unpaired) electrons. The van der Waals surface area contributed by atoms with Crippen LogP contribution in [0.3, 0.4) is 0 Å². The van der Waals surface area contributed by atoms with E-state index in [1.54, 1.807) is 0 Å². The van der Waals surface area contributed by atoms with E-state index in [1.165, 1.54) is 16.2 Å². The smallest absolute Gasteiger partial charge is 0.160 e. The van der Waals surface area contributed by atoms with Crippen molar-refractivity contribution in [1.29, 1.82) is 0 Å².